The van der Waals surface area contributed by atoms with Crippen LogP contribution < -0.4 is 10.2 Å². The molecule has 1 atom stereocenters. The number of aliphatic hydroxyl groups is 1. The largest absolute Gasteiger partial charge is 0.395 e. The summed E-state index contributed by atoms with van der Waals surface area (Å²) in [4.78, 5) is 6.40. The van der Waals surface area contributed by atoms with E-state index in [9.17, 15) is 0 Å². The van der Waals surface area contributed by atoms with E-state index in [1.54, 1.807) is 0 Å². The number of nitrogens with one attached hydrogen (secondary N) is 1. The summed E-state index contributed by atoms with van der Waals surface area (Å²) in [6.07, 6.45) is 1.82. The zero-order valence-corrected chi connectivity index (χ0v) is 12.9. The van der Waals surface area contributed by atoms with E-state index in [1.807, 2.05) is 30.3 Å². The van der Waals surface area contributed by atoms with Crippen molar-refractivity contribution in [1.29, 1.82) is 0 Å². The van der Waals surface area contributed by atoms with Gasteiger partial charge in [-0.15, -0.1) is 0 Å². The molecular formula is C17H23N3O. The van der Waals surface area contributed by atoms with Crippen molar-refractivity contribution in [2.45, 2.75) is 19.9 Å². The number of hydrogen-bond acceptors (Lipinski definition) is 4. The quantitative estimate of drug-likeness (QED) is 0.856. The molecule has 112 valence electrons. The molecule has 2 aromatic rings. The van der Waals surface area contributed by atoms with Crippen LogP contribution in [0.4, 0.5) is 11.5 Å². The molecule has 2 rings (SSSR count). The normalized spacial score (nSPS) is 12.0. The average molecular weight is 285 g/mol. The van der Waals surface area contributed by atoms with Gasteiger partial charge in [-0.05, 0) is 31.5 Å². The van der Waals surface area contributed by atoms with Crippen LogP contribution in [0.1, 0.15) is 24.1 Å². The van der Waals surface area contributed by atoms with Crippen molar-refractivity contribution in [2.75, 3.05) is 30.4 Å². The summed E-state index contributed by atoms with van der Waals surface area (Å²) >= 11 is 0. The molecule has 21 heavy (non-hydrogen) atoms. The lowest BCUT2D eigenvalue weighted by Crippen LogP contribution is -2.21. The predicted octanol–water partition coefficient (Wildman–Crippen LogP) is 2.99. The fourth-order valence-electron chi connectivity index (χ4n) is 2.14. The zero-order chi connectivity index (χ0) is 15.2. The number of aromatic nitrogens is 1. The maximum atomic E-state index is 8.94. The van der Waals surface area contributed by atoms with Crippen LogP contribution in [0.25, 0.3) is 0 Å². The molecule has 0 spiro atoms. The molecule has 4 nitrogen and oxygen atoms in total. The highest BCUT2D eigenvalue weighted by Crippen LogP contribution is 2.20. The van der Waals surface area contributed by atoms with Gasteiger partial charge < -0.3 is 15.3 Å². The molecule has 2 N–H and O–H groups in total. The van der Waals surface area contributed by atoms with Crippen LogP contribution in [0.2, 0.25) is 0 Å². The first kappa shape index (κ1) is 15.3. The van der Waals surface area contributed by atoms with E-state index < -0.39 is 0 Å². The maximum Gasteiger partial charge on any atom is 0.126 e. The second kappa shape index (κ2) is 7.09. The van der Waals surface area contributed by atoms with Gasteiger partial charge in [0.2, 0.25) is 0 Å². The molecular weight excluding hydrogens is 262 g/mol. The van der Waals surface area contributed by atoms with Gasteiger partial charge in [-0.1, -0.05) is 29.8 Å². The van der Waals surface area contributed by atoms with Gasteiger partial charge in [0, 0.05) is 19.6 Å². The molecule has 1 aromatic carbocycles. The van der Waals surface area contributed by atoms with Gasteiger partial charge >= 0.3 is 0 Å². The van der Waals surface area contributed by atoms with Gasteiger partial charge in [0.1, 0.15) is 5.82 Å². The maximum absolute atomic E-state index is 8.94. The molecule has 0 bridgehead atoms. The number of anilines is 2. The summed E-state index contributed by atoms with van der Waals surface area (Å²) in [6, 6.07) is 12.7. The molecule has 1 aromatic heterocycles. The van der Waals surface area contributed by atoms with Crippen LogP contribution in [0.5, 0.6) is 0 Å². The molecule has 0 aliphatic rings. The number of aliphatic hydroxyl groups excluding tert-OH is 1. The van der Waals surface area contributed by atoms with Crippen LogP contribution >= 0.6 is 0 Å². The summed E-state index contributed by atoms with van der Waals surface area (Å²) < 4.78 is 0. The van der Waals surface area contributed by atoms with Crippen LogP contribution in [0.15, 0.2) is 42.6 Å². The van der Waals surface area contributed by atoms with Crippen molar-refractivity contribution in [1.82, 2.24) is 4.98 Å². The molecule has 0 amide bonds. The Labute approximate surface area is 126 Å². The second-order valence-corrected chi connectivity index (χ2v) is 5.32. The number of rotatable bonds is 6. The highest BCUT2D eigenvalue weighted by molar-refractivity contribution is 5.49. The second-order valence-electron chi connectivity index (χ2n) is 5.32. The first-order valence-electron chi connectivity index (χ1n) is 7.21. The summed E-state index contributed by atoms with van der Waals surface area (Å²) in [5.74, 6) is 0.851. The Hall–Kier alpha value is -2.07. The highest BCUT2D eigenvalue weighted by atomic mass is 16.3. The molecule has 4 heteroatoms. The summed E-state index contributed by atoms with van der Waals surface area (Å²) in [5.41, 5.74) is 3.50. The van der Waals surface area contributed by atoms with E-state index in [4.69, 9.17) is 5.11 Å². The number of nitrogens with zero attached hydrogens (tertiary/aromatic N) is 2. The van der Waals surface area contributed by atoms with Gasteiger partial charge in [-0.25, -0.2) is 4.98 Å². The molecule has 0 radical (unpaired) electrons. The number of pyridine rings is 1. The number of likely N-dealkylation sites (N-methyl/N-ethyl adjacent to an activating group) is 1. The van der Waals surface area contributed by atoms with Gasteiger partial charge in [-0.2, -0.15) is 0 Å². The molecule has 0 saturated heterocycles. The molecule has 0 aliphatic carbocycles. The zero-order valence-electron chi connectivity index (χ0n) is 12.9. The van der Waals surface area contributed by atoms with E-state index in [0.29, 0.717) is 6.54 Å². The van der Waals surface area contributed by atoms with Gasteiger partial charge in [0.15, 0.2) is 0 Å². The number of aryl methyl sites for hydroxylation is 1. The third kappa shape index (κ3) is 4.20. The van der Waals surface area contributed by atoms with E-state index in [2.05, 4.69) is 48.4 Å². The van der Waals surface area contributed by atoms with Crippen molar-refractivity contribution in [3.05, 3.63) is 53.7 Å². The van der Waals surface area contributed by atoms with Crippen LogP contribution in [0.3, 0.4) is 0 Å². The van der Waals surface area contributed by atoms with Gasteiger partial charge in [0.25, 0.3) is 0 Å². The predicted molar refractivity (Wildman–Crippen MR) is 87.8 cm³/mol. The SMILES string of the molecule is Cc1ccc(C(C)Nc2ccc(N(C)CCO)cn2)cc1. The van der Waals surface area contributed by atoms with Crippen molar-refractivity contribution in [3.63, 3.8) is 0 Å². The standard InChI is InChI=1S/C17H23N3O/c1-13-4-6-15(7-5-13)14(2)19-17-9-8-16(12-18-17)20(3)10-11-21/h4-9,12,14,21H,10-11H2,1-3H3,(H,18,19). The average Bonchev–Trinajstić information content (AvgIpc) is 2.49. The summed E-state index contributed by atoms with van der Waals surface area (Å²) in [6.45, 7) is 4.96. The van der Waals surface area contributed by atoms with Crippen molar-refractivity contribution < 1.29 is 5.11 Å². The Bertz CT molecular complexity index is 551. The molecule has 0 fully saturated rings. The van der Waals surface area contributed by atoms with E-state index >= 15 is 0 Å². The Kier molecular flexibility index (Phi) is 5.17. The monoisotopic (exact) mass is 285 g/mol. The Balaban J connectivity index is 2.01. The van der Waals surface area contributed by atoms with Gasteiger partial charge in [-0.3, -0.25) is 0 Å². The van der Waals surface area contributed by atoms with E-state index in [-0.39, 0.29) is 12.6 Å². The summed E-state index contributed by atoms with van der Waals surface area (Å²) in [5, 5.41) is 12.3. The van der Waals surface area contributed by atoms with Crippen molar-refractivity contribution in [2.24, 2.45) is 0 Å². The third-order valence-electron chi connectivity index (χ3n) is 3.57. The number of hydrogen-bond donors (Lipinski definition) is 2. The minimum absolute atomic E-state index is 0.140. The fraction of sp³-hybridized carbons (Fsp3) is 0.353. The first-order valence-corrected chi connectivity index (χ1v) is 7.21. The van der Waals surface area contributed by atoms with E-state index in [1.165, 1.54) is 11.1 Å². The number of benzene rings is 1. The minimum Gasteiger partial charge on any atom is -0.395 e. The lowest BCUT2D eigenvalue weighted by atomic mass is 10.1. The van der Waals surface area contributed by atoms with Gasteiger partial charge in [0.05, 0.1) is 18.5 Å². The van der Waals surface area contributed by atoms with Crippen LogP contribution in [-0.2, 0) is 0 Å². The summed E-state index contributed by atoms with van der Waals surface area (Å²) in [7, 11) is 1.94. The Morgan fingerprint density at radius 2 is 1.90 bits per heavy atom. The smallest absolute Gasteiger partial charge is 0.126 e. The Morgan fingerprint density at radius 1 is 1.19 bits per heavy atom. The molecule has 0 saturated carbocycles. The third-order valence-corrected chi connectivity index (χ3v) is 3.57. The molecule has 1 heterocycles. The highest BCUT2D eigenvalue weighted by Gasteiger charge is 2.06. The van der Waals surface area contributed by atoms with Crippen molar-refractivity contribution in [3.8, 4) is 0 Å². The fourth-order valence-corrected chi connectivity index (χ4v) is 2.14. The van der Waals surface area contributed by atoms with E-state index in [0.717, 1.165) is 11.5 Å². The molecule has 0 aliphatic heterocycles. The topological polar surface area (TPSA) is 48.4 Å². The molecule has 1 unspecified atom stereocenters. The van der Waals surface area contributed by atoms with Crippen LogP contribution in [0, 0.1) is 6.92 Å². The first-order chi connectivity index (χ1) is 10.1. The lowest BCUT2D eigenvalue weighted by Gasteiger charge is -2.19. The van der Waals surface area contributed by atoms with Crippen molar-refractivity contribution >= 4 is 11.5 Å². The Morgan fingerprint density at radius 3 is 2.48 bits per heavy atom. The lowest BCUT2D eigenvalue weighted by molar-refractivity contribution is 0.304. The van der Waals surface area contributed by atoms with Crippen LogP contribution in [-0.4, -0.2) is 30.3 Å². The minimum atomic E-state index is 0.140.